The Morgan fingerprint density at radius 3 is 2.69 bits per heavy atom. The van der Waals surface area contributed by atoms with Gasteiger partial charge in [-0.3, -0.25) is 14.9 Å². The van der Waals surface area contributed by atoms with Crippen LogP contribution < -0.4 is 14.8 Å². The van der Waals surface area contributed by atoms with Gasteiger partial charge in [-0.1, -0.05) is 12.2 Å². The Balaban J connectivity index is 1.29. The molecule has 4 rings (SSSR count). The second-order valence-corrected chi connectivity index (χ2v) is 10.8. The third-order valence-corrected chi connectivity index (χ3v) is 7.77. The van der Waals surface area contributed by atoms with Crippen LogP contribution in [-0.4, -0.2) is 32.4 Å². The van der Waals surface area contributed by atoms with Gasteiger partial charge in [0.25, 0.3) is 0 Å². The Morgan fingerprint density at radius 1 is 1.22 bits per heavy atom. The Labute approximate surface area is 187 Å². The molecule has 0 radical (unpaired) electrons. The highest BCUT2D eigenvalue weighted by Gasteiger charge is 2.43. The van der Waals surface area contributed by atoms with E-state index < -0.39 is 21.4 Å². The summed E-state index contributed by atoms with van der Waals surface area (Å²) in [6, 6.07) is 3.63. The monoisotopic (exact) mass is 464 g/mol. The van der Waals surface area contributed by atoms with Crippen LogP contribution in [0.5, 0.6) is 5.75 Å². The zero-order chi connectivity index (χ0) is 22.8. The van der Waals surface area contributed by atoms with E-state index in [1.165, 1.54) is 12.1 Å². The zero-order valence-corrected chi connectivity index (χ0v) is 18.8. The molecule has 0 bridgehead atoms. The number of benzene rings is 1. The van der Waals surface area contributed by atoms with Crippen molar-refractivity contribution >= 4 is 21.8 Å². The summed E-state index contributed by atoms with van der Waals surface area (Å²) in [5.74, 6) is -0.713. The van der Waals surface area contributed by atoms with Crippen molar-refractivity contribution < 1.29 is 27.1 Å². The van der Waals surface area contributed by atoms with Crippen LogP contribution >= 0.6 is 0 Å². The molecule has 1 aliphatic heterocycles. The normalized spacial score (nSPS) is 22.7. The number of carbonyl (C=O) groups excluding carboxylic acids is 2. The van der Waals surface area contributed by atoms with E-state index in [1.54, 1.807) is 0 Å². The van der Waals surface area contributed by atoms with Gasteiger partial charge in [0, 0.05) is 18.4 Å². The lowest BCUT2D eigenvalue weighted by atomic mass is 9.93. The molecule has 9 heteroatoms. The molecule has 0 spiro atoms. The van der Waals surface area contributed by atoms with Gasteiger partial charge in [-0.25, -0.2) is 17.5 Å². The van der Waals surface area contributed by atoms with Crippen LogP contribution in [0.3, 0.4) is 0 Å². The SMILES string of the molecule is O=C1CCC(CCC/C=C/C2(NS(=O)(=O)c3ccc(F)c(OCC4CC4)c3)CC2)C(=O)N1. The Hall–Kier alpha value is -2.26. The fraction of sp³-hybridized carbons (Fsp3) is 0.565. The maximum absolute atomic E-state index is 14.0. The Bertz CT molecular complexity index is 1020. The third-order valence-electron chi connectivity index (χ3n) is 6.22. The molecular weight excluding hydrogens is 435 g/mol. The summed E-state index contributed by atoms with van der Waals surface area (Å²) in [5.41, 5.74) is -0.614. The number of rotatable bonds is 11. The van der Waals surface area contributed by atoms with E-state index in [4.69, 9.17) is 4.74 Å². The molecule has 7 nitrogen and oxygen atoms in total. The van der Waals surface area contributed by atoms with E-state index >= 15 is 0 Å². The number of sulfonamides is 1. The minimum atomic E-state index is -3.82. The second kappa shape index (κ2) is 9.31. The maximum Gasteiger partial charge on any atom is 0.241 e. The molecule has 1 aromatic carbocycles. The topological polar surface area (TPSA) is 102 Å². The highest BCUT2D eigenvalue weighted by Crippen LogP contribution is 2.39. The molecule has 0 aromatic heterocycles. The molecule has 1 heterocycles. The van der Waals surface area contributed by atoms with Gasteiger partial charge in [-0.2, -0.15) is 0 Å². The number of ether oxygens (including phenoxy) is 1. The number of nitrogens with one attached hydrogen (secondary N) is 2. The molecule has 2 saturated carbocycles. The number of halogens is 1. The van der Waals surface area contributed by atoms with Crippen molar-refractivity contribution in [2.45, 2.75) is 68.2 Å². The van der Waals surface area contributed by atoms with Crippen molar-refractivity contribution in [3.05, 3.63) is 36.2 Å². The lowest BCUT2D eigenvalue weighted by molar-refractivity contribution is -0.136. The summed E-state index contributed by atoms with van der Waals surface area (Å²) in [7, 11) is -3.82. The molecule has 32 heavy (non-hydrogen) atoms. The number of imide groups is 1. The predicted molar refractivity (Wildman–Crippen MR) is 116 cm³/mol. The molecule has 1 unspecified atom stereocenters. The lowest BCUT2D eigenvalue weighted by Crippen LogP contribution is -2.40. The summed E-state index contributed by atoms with van der Waals surface area (Å²) in [4.78, 5) is 23.0. The maximum atomic E-state index is 14.0. The van der Waals surface area contributed by atoms with Crippen molar-refractivity contribution in [2.24, 2.45) is 11.8 Å². The van der Waals surface area contributed by atoms with Crippen molar-refractivity contribution in [1.82, 2.24) is 10.0 Å². The molecule has 1 atom stereocenters. The number of allylic oxidation sites excluding steroid dienone is 1. The van der Waals surface area contributed by atoms with Crippen molar-refractivity contribution in [2.75, 3.05) is 6.61 Å². The summed E-state index contributed by atoms with van der Waals surface area (Å²) >= 11 is 0. The molecule has 1 aromatic rings. The van der Waals surface area contributed by atoms with Crippen molar-refractivity contribution in [1.29, 1.82) is 0 Å². The van der Waals surface area contributed by atoms with E-state index in [2.05, 4.69) is 10.0 Å². The molecule has 3 aliphatic rings. The first kappa shape index (κ1) is 22.9. The van der Waals surface area contributed by atoms with Crippen LogP contribution in [0.25, 0.3) is 0 Å². The second-order valence-electron chi connectivity index (χ2n) is 9.09. The molecular formula is C23H29FN2O5S. The van der Waals surface area contributed by atoms with Crippen LogP contribution in [0.15, 0.2) is 35.2 Å². The van der Waals surface area contributed by atoms with Crippen LogP contribution in [0.1, 0.15) is 57.8 Å². The van der Waals surface area contributed by atoms with E-state index in [1.807, 2.05) is 12.2 Å². The fourth-order valence-corrected chi connectivity index (χ4v) is 5.26. The van der Waals surface area contributed by atoms with E-state index in [0.717, 1.165) is 31.7 Å². The Kier molecular flexibility index (Phi) is 6.67. The van der Waals surface area contributed by atoms with E-state index in [0.29, 0.717) is 44.6 Å². The molecule has 2 aliphatic carbocycles. The van der Waals surface area contributed by atoms with Gasteiger partial charge in [0.2, 0.25) is 21.8 Å². The van der Waals surface area contributed by atoms with Gasteiger partial charge in [-0.05, 0) is 69.4 Å². The lowest BCUT2D eigenvalue weighted by Gasteiger charge is -2.20. The average molecular weight is 465 g/mol. The van der Waals surface area contributed by atoms with Gasteiger partial charge in [0.15, 0.2) is 11.6 Å². The largest absolute Gasteiger partial charge is 0.490 e. The first-order valence-electron chi connectivity index (χ1n) is 11.2. The van der Waals surface area contributed by atoms with Crippen molar-refractivity contribution in [3.8, 4) is 5.75 Å². The number of hydrogen-bond donors (Lipinski definition) is 2. The number of unbranched alkanes of at least 4 members (excludes halogenated alkanes) is 1. The predicted octanol–water partition coefficient (Wildman–Crippen LogP) is 3.20. The summed E-state index contributed by atoms with van der Waals surface area (Å²) in [5, 5.41) is 2.36. The molecule has 2 amide bonds. The van der Waals surface area contributed by atoms with Gasteiger partial charge in [0.05, 0.1) is 17.0 Å². The van der Waals surface area contributed by atoms with Gasteiger partial charge >= 0.3 is 0 Å². The minimum Gasteiger partial charge on any atom is -0.490 e. The van der Waals surface area contributed by atoms with Crippen LogP contribution in [0, 0.1) is 17.7 Å². The molecule has 2 N–H and O–H groups in total. The Morgan fingerprint density at radius 2 is 2.00 bits per heavy atom. The average Bonchev–Trinajstić information content (AvgIpc) is 3.66. The summed E-state index contributed by atoms with van der Waals surface area (Å²) < 4.78 is 47.9. The van der Waals surface area contributed by atoms with Gasteiger partial charge in [-0.15, -0.1) is 0 Å². The molecule has 1 saturated heterocycles. The number of hydrogen-bond acceptors (Lipinski definition) is 5. The quantitative estimate of drug-likeness (QED) is 0.298. The first-order chi connectivity index (χ1) is 15.3. The third kappa shape index (κ3) is 5.95. The standard InChI is InChI=1S/C23H29FN2O5S/c24-19-9-8-18(14-20(19)31-15-16-5-6-16)32(29,30)26-23(12-13-23)11-3-1-2-4-17-7-10-21(27)25-22(17)28/h3,8-9,11,14,16-17,26H,1-2,4-7,10,12-13,15H2,(H,25,27,28)/b11-3+. The summed E-state index contributed by atoms with van der Waals surface area (Å²) in [6.45, 7) is 0.402. The number of carbonyl (C=O) groups is 2. The zero-order valence-electron chi connectivity index (χ0n) is 17.9. The van der Waals surface area contributed by atoms with Crippen LogP contribution in [-0.2, 0) is 19.6 Å². The minimum absolute atomic E-state index is 0.0118. The fourth-order valence-electron chi connectivity index (χ4n) is 3.82. The van der Waals surface area contributed by atoms with Crippen molar-refractivity contribution in [3.63, 3.8) is 0 Å². The highest BCUT2D eigenvalue weighted by molar-refractivity contribution is 7.89. The van der Waals surface area contributed by atoms with Crippen LogP contribution in [0.4, 0.5) is 4.39 Å². The molecule has 174 valence electrons. The van der Waals surface area contributed by atoms with Gasteiger partial charge in [0.1, 0.15) is 0 Å². The number of amides is 2. The van der Waals surface area contributed by atoms with E-state index in [9.17, 15) is 22.4 Å². The highest BCUT2D eigenvalue weighted by atomic mass is 32.2. The molecule has 3 fully saturated rings. The number of piperidine rings is 1. The van der Waals surface area contributed by atoms with E-state index in [-0.39, 0.29) is 28.4 Å². The van der Waals surface area contributed by atoms with Crippen LogP contribution in [0.2, 0.25) is 0 Å². The summed E-state index contributed by atoms with van der Waals surface area (Å²) in [6.07, 6.45) is 10.5. The van der Waals surface area contributed by atoms with Gasteiger partial charge < -0.3 is 4.74 Å². The smallest absolute Gasteiger partial charge is 0.241 e. The first-order valence-corrected chi connectivity index (χ1v) is 12.7.